The Hall–Kier alpha value is -2.35. The van der Waals surface area contributed by atoms with Crippen LogP contribution in [0.1, 0.15) is 18.4 Å². The molecule has 2 aromatic rings. The van der Waals surface area contributed by atoms with Gasteiger partial charge in [0, 0.05) is 18.8 Å². The van der Waals surface area contributed by atoms with Gasteiger partial charge in [0.1, 0.15) is 6.54 Å². The number of carbonyl (C=O) groups excluding carboxylic acids is 1. The number of halogens is 4. The standard InChI is InChI=1S/C20H21ClF3N3O5S2/c1-33(29,30)27(18-12-14(20(22,23)24)4-9-17(18)21)13-19(28)25-15-5-7-16(8-6-15)34(31,32)26-10-2-3-11-26/h4-9,12H,2-3,10-11,13H2,1H3,(H,25,28). The number of nitrogens with one attached hydrogen (secondary N) is 1. The number of hydrogen-bond acceptors (Lipinski definition) is 5. The van der Waals surface area contributed by atoms with Gasteiger partial charge in [-0.3, -0.25) is 9.10 Å². The van der Waals surface area contributed by atoms with E-state index in [4.69, 9.17) is 11.6 Å². The Kier molecular flexibility index (Phi) is 7.51. The van der Waals surface area contributed by atoms with Crippen LogP contribution < -0.4 is 9.62 Å². The lowest BCUT2D eigenvalue weighted by atomic mass is 10.2. The van der Waals surface area contributed by atoms with Gasteiger partial charge in [-0.1, -0.05) is 11.6 Å². The van der Waals surface area contributed by atoms with Crippen molar-refractivity contribution in [3.63, 3.8) is 0 Å². The number of sulfonamides is 2. The highest BCUT2D eigenvalue weighted by Crippen LogP contribution is 2.36. The van der Waals surface area contributed by atoms with Crippen LogP contribution in [0.5, 0.6) is 0 Å². The zero-order valence-electron chi connectivity index (χ0n) is 17.8. The lowest BCUT2D eigenvalue weighted by Gasteiger charge is -2.24. The first-order valence-corrected chi connectivity index (χ1v) is 13.6. The monoisotopic (exact) mass is 539 g/mol. The van der Waals surface area contributed by atoms with E-state index >= 15 is 0 Å². The molecule has 0 spiro atoms. The van der Waals surface area contributed by atoms with E-state index in [2.05, 4.69) is 5.32 Å². The minimum Gasteiger partial charge on any atom is -0.325 e. The Balaban J connectivity index is 1.79. The molecule has 1 amide bonds. The molecule has 34 heavy (non-hydrogen) atoms. The van der Waals surface area contributed by atoms with Crippen molar-refractivity contribution >= 4 is 48.9 Å². The van der Waals surface area contributed by atoms with Gasteiger partial charge < -0.3 is 5.32 Å². The van der Waals surface area contributed by atoms with E-state index in [-0.39, 0.29) is 15.6 Å². The van der Waals surface area contributed by atoms with Crippen LogP contribution in [0.3, 0.4) is 0 Å². The molecule has 1 heterocycles. The molecule has 186 valence electrons. The van der Waals surface area contributed by atoms with Crippen LogP contribution in [0.25, 0.3) is 0 Å². The number of alkyl halides is 3. The largest absolute Gasteiger partial charge is 0.416 e. The normalized spacial score (nSPS) is 15.3. The summed E-state index contributed by atoms with van der Waals surface area (Å²) in [6.45, 7) is 0.00812. The molecule has 1 aliphatic rings. The predicted octanol–water partition coefficient (Wildman–Crippen LogP) is 3.55. The molecule has 0 aliphatic carbocycles. The third-order valence-corrected chi connectivity index (χ3v) is 8.43. The molecule has 2 aromatic carbocycles. The zero-order valence-corrected chi connectivity index (χ0v) is 20.2. The summed E-state index contributed by atoms with van der Waals surface area (Å²) in [5, 5.41) is 2.12. The fourth-order valence-electron chi connectivity index (χ4n) is 3.38. The molecule has 0 unspecified atom stereocenters. The van der Waals surface area contributed by atoms with Gasteiger partial charge >= 0.3 is 6.18 Å². The van der Waals surface area contributed by atoms with E-state index in [1.165, 1.54) is 28.6 Å². The second-order valence-corrected chi connectivity index (χ2v) is 11.9. The average Bonchev–Trinajstić information content (AvgIpc) is 3.27. The fourth-order valence-corrected chi connectivity index (χ4v) is 6.03. The summed E-state index contributed by atoms with van der Waals surface area (Å²) in [5.41, 5.74) is -1.45. The molecule has 0 saturated carbocycles. The number of hydrogen-bond donors (Lipinski definition) is 1. The zero-order chi connectivity index (χ0) is 25.3. The Bertz CT molecular complexity index is 1280. The van der Waals surface area contributed by atoms with Gasteiger partial charge in [0.05, 0.1) is 27.4 Å². The maximum absolute atomic E-state index is 13.1. The fraction of sp³-hybridized carbons (Fsp3) is 0.350. The van der Waals surface area contributed by atoms with E-state index in [0.717, 1.165) is 25.2 Å². The lowest BCUT2D eigenvalue weighted by Crippen LogP contribution is -2.37. The molecule has 0 radical (unpaired) electrons. The molecule has 14 heteroatoms. The first kappa shape index (κ1) is 26.3. The molecule has 1 fully saturated rings. The van der Waals surface area contributed by atoms with Crippen LogP contribution in [0.2, 0.25) is 5.02 Å². The molecule has 0 atom stereocenters. The Labute approximate surface area is 200 Å². The molecule has 1 N–H and O–H groups in total. The second kappa shape index (κ2) is 9.72. The molecule has 1 saturated heterocycles. The van der Waals surface area contributed by atoms with Gasteiger partial charge in [0.15, 0.2) is 0 Å². The summed E-state index contributed by atoms with van der Waals surface area (Å²) in [4.78, 5) is 12.6. The molecule has 0 bridgehead atoms. The van der Waals surface area contributed by atoms with Crippen molar-refractivity contribution < 1.29 is 34.8 Å². The summed E-state index contributed by atoms with van der Waals surface area (Å²) < 4.78 is 90.8. The Morgan fingerprint density at radius 3 is 2.18 bits per heavy atom. The van der Waals surface area contributed by atoms with E-state index < -0.39 is 49.9 Å². The highest BCUT2D eigenvalue weighted by molar-refractivity contribution is 7.92. The first-order chi connectivity index (χ1) is 15.7. The number of benzene rings is 2. The first-order valence-electron chi connectivity index (χ1n) is 9.94. The molecule has 1 aliphatic heterocycles. The third kappa shape index (κ3) is 6.01. The quantitative estimate of drug-likeness (QED) is 0.579. The number of amides is 1. The van der Waals surface area contributed by atoms with Crippen LogP contribution in [0.15, 0.2) is 47.4 Å². The second-order valence-electron chi connectivity index (χ2n) is 7.62. The van der Waals surface area contributed by atoms with Crippen LogP contribution in [0, 0.1) is 0 Å². The highest BCUT2D eigenvalue weighted by atomic mass is 35.5. The van der Waals surface area contributed by atoms with Gasteiger partial charge in [-0.2, -0.15) is 17.5 Å². The molecule has 8 nitrogen and oxygen atoms in total. The topological polar surface area (TPSA) is 104 Å². The number of anilines is 2. The molecular weight excluding hydrogens is 519 g/mol. The van der Waals surface area contributed by atoms with E-state index in [0.29, 0.717) is 29.5 Å². The van der Waals surface area contributed by atoms with Gasteiger partial charge in [-0.15, -0.1) is 0 Å². The summed E-state index contributed by atoms with van der Waals surface area (Å²) in [6, 6.07) is 7.43. The minimum atomic E-state index is -4.75. The third-order valence-electron chi connectivity index (χ3n) is 5.07. The Morgan fingerprint density at radius 1 is 1.06 bits per heavy atom. The lowest BCUT2D eigenvalue weighted by molar-refractivity contribution is -0.137. The van der Waals surface area contributed by atoms with Crippen molar-refractivity contribution in [3.05, 3.63) is 53.1 Å². The smallest absolute Gasteiger partial charge is 0.325 e. The number of rotatable bonds is 7. The summed E-state index contributed by atoms with van der Waals surface area (Å²) in [7, 11) is -7.84. The Morgan fingerprint density at radius 2 is 1.65 bits per heavy atom. The predicted molar refractivity (Wildman–Crippen MR) is 122 cm³/mol. The van der Waals surface area contributed by atoms with Crippen molar-refractivity contribution in [2.24, 2.45) is 0 Å². The van der Waals surface area contributed by atoms with E-state index in [1.807, 2.05) is 0 Å². The van der Waals surface area contributed by atoms with Gasteiger partial charge in [0.2, 0.25) is 26.0 Å². The van der Waals surface area contributed by atoms with E-state index in [1.54, 1.807) is 0 Å². The van der Waals surface area contributed by atoms with Crippen LogP contribution in [0.4, 0.5) is 24.5 Å². The van der Waals surface area contributed by atoms with Gasteiger partial charge in [0.25, 0.3) is 0 Å². The van der Waals surface area contributed by atoms with Gasteiger partial charge in [-0.05, 0) is 55.3 Å². The highest BCUT2D eigenvalue weighted by Gasteiger charge is 2.33. The van der Waals surface area contributed by atoms with Crippen LogP contribution >= 0.6 is 11.6 Å². The molecule has 0 aromatic heterocycles. The minimum absolute atomic E-state index is 0.0425. The maximum Gasteiger partial charge on any atom is 0.416 e. The van der Waals surface area contributed by atoms with Crippen molar-refractivity contribution in [3.8, 4) is 0 Å². The van der Waals surface area contributed by atoms with Gasteiger partial charge in [-0.25, -0.2) is 16.8 Å². The number of nitrogens with zero attached hydrogens (tertiary/aromatic N) is 2. The average molecular weight is 540 g/mol. The van der Waals surface area contributed by atoms with E-state index in [9.17, 15) is 34.8 Å². The number of carbonyl (C=O) groups is 1. The van der Waals surface area contributed by atoms with Crippen molar-refractivity contribution in [1.29, 1.82) is 0 Å². The molecular formula is C20H21ClF3N3O5S2. The van der Waals surface area contributed by atoms with Crippen molar-refractivity contribution in [2.45, 2.75) is 23.9 Å². The summed E-state index contributed by atoms with van der Waals surface area (Å²) in [5.74, 6) is -0.867. The summed E-state index contributed by atoms with van der Waals surface area (Å²) in [6.07, 6.45) is -2.46. The maximum atomic E-state index is 13.1. The SMILES string of the molecule is CS(=O)(=O)N(CC(=O)Nc1ccc(S(=O)(=O)N2CCCC2)cc1)c1cc(C(F)(F)F)ccc1Cl. The van der Waals surface area contributed by atoms with Crippen LogP contribution in [-0.2, 0) is 31.0 Å². The summed E-state index contributed by atoms with van der Waals surface area (Å²) >= 11 is 5.94. The van der Waals surface area contributed by atoms with Crippen molar-refractivity contribution in [2.75, 3.05) is 35.5 Å². The van der Waals surface area contributed by atoms with Crippen molar-refractivity contribution in [1.82, 2.24) is 4.31 Å². The van der Waals surface area contributed by atoms with Crippen LogP contribution in [-0.4, -0.2) is 52.9 Å². The molecule has 3 rings (SSSR count).